The smallest absolute Gasteiger partial charge is 0.232 e. The Morgan fingerprint density at radius 1 is 0.657 bits per heavy atom. The number of nitrogens with zero attached hydrogens (tertiary/aromatic N) is 1. The molecule has 67 heavy (non-hydrogen) atoms. The zero-order valence-corrected chi connectivity index (χ0v) is 33.7. The largest absolute Gasteiger partial charge is 0.493 e. The first kappa shape index (κ1) is 15.0. The van der Waals surface area contributed by atoms with Crippen LogP contribution >= 0.6 is 11.6 Å². The fourth-order valence-corrected chi connectivity index (χ4v) is 6.06. The normalized spacial score (nSPS) is 38.6. The first-order valence-corrected chi connectivity index (χ1v) is 18.4. The number of ketones is 2. The maximum Gasteiger partial charge on any atom is 0.232 e. The van der Waals surface area contributed by atoms with Crippen molar-refractivity contribution in [3.8, 4) is 11.5 Å². The van der Waals surface area contributed by atoms with Crippen LogP contribution in [0.3, 0.4) is 0 Å². The summed E-state index contributed by atoms with van der Waals surface area (Å²) in [7, 11) is 0. The number of hydrogen-bond donors (Lipinski definition) is 3. The van der Waals surface area contributed by atoms with Crippen molar-refractivity contribution in [2.24, 2.45) is 23.3 Å². The molecule has 0 spiro atoms. The van der Waals surface area contributed by atoms with Gasteiger partial charge in [-0.3, -0.25) is 24.1 Å². The number of fused-ring (bicyclic) bond motifs is 2. The van der Waals surface area contributed by atoms with Gasteiger partial charge in [-0.2, -0.15) is 0 Å². The van der Waals surface area contributed by atoms with Gasteiger partial charge in [0.15, 0.2) is 11.6 Å². The van der Waals surface area contributed by atoms with Crippen molar-refractivity contribution in [1.82, 2.24) is 10.2 Å². The van der Waals surface area contributed by atoms with Crippen molar-refractivity contribution in [3.05, 3.63) is 202 Å². The summed E-state index contributed by atoms with van der Waals surface area (Å²) >= 11 is 5.25. The predicted octanol–water partition coefficient (Wildman–Crippen LogP) is 7.71. The third-order valence-corrected chi connectivity index (χ3v) is 9.08. The van der Waals surface area contributed by atoms with Gasteiger partial charge in [0.1, 0.15) is 22.3 Å². The zero-order chi connectivity index (χ0) is 92.8. The molecule has 4 aliphatic rings. The molecule has 4 aliphatic heterocycles. The van der Waals surface area contributed by atoms with Crippen molar-refractivity contribution < 1.29 is 99.9 Å². The molecular weight excluding hydrogens is 860 g/mol. The lowest BCUT2D eigenvalue weighted by atomic mass is 9.64. The summed E-state index contributed by atoms with van der Waals surface area (Å²) in [5.74, 6) is -21.8. The van der Waals surface area contributed by atoms with Gasteiger partial charge in [-0.25, -0.2) is 0 Å². The van der Waals surface area contributed by atoms with Gasteiger partial charge < -0.3 is 26.3 Å². The number of hydrogen-bond acceptors (Lipinski definition) is 8. The molecule has 6 aromatic rings. The van der Waals surface area contributed by atoms with Gasteiger partial charge in [-0.15, -0.1) is 11.6 Å². The van der Waals surface area contributed by atoms with Crippen LogP contribution in [0.15, 0.2) is 157 Å². The van der Waals surface area contributed by atoms with E-state index in [0.717, 1.165) is 0 Å². The minimum Gasteiger partial charge on any atom is -0.493 e. The van der Waals surface area contributed by atoms with Crippen LogP contribution in [0, 0.1) is 11.8 Å². The third-order valence-electron chi connectivity index (χ3n) is 8.91. The molecule has 0 bridgehead atoms. The summed E-state index contributed by atoms with van der Waals surface area (Å²) in [6.45, 7) is -27.3. The molecule has 6 aromatic carbocycles. The second-order valence-electron chi connectivity index (χ2n) is 12.6. The number of carbonyl (C=O) groups is 4. The molecule has 0 saturated carbocycles. The van der Waals surface area contributed by atoms with Gasteiger partial charge in [0.2, 0.25) is 11.8 Å². The quantitative estimate of drug-likeness (QED) is 0.0787. The van der Waals surface area contributed by atoms with Crippen LogP contribution in [0.1, 0.15) is 138 Å². The van der Waals surface area contributed by atoms with Gasteiger partial charge in [-0.1, -0.05) is 121 Å². The summed E-state index contributed by atoms with van der Waals surface area (Å²) in [5, 5.41) is 1.60. The van der Waals surface area contributed by atoms with Gasteiger partial charge >= 0.3 is 0 Å². The summed E-state index contributed by atoms with van der Waals surface area (Å²) < 4.78 is 443. The maximum absolute atomic E-state index is 14.3. The van der Waals surface area contributed by atoms with Crippen LogP contribution in [-0.2, 0) is 33.2 Å². The Labute approximate surface area is 470 Å². The lowest BCUT2D eigenvalue weighted by Gasteiger charge is -2.37. The summed E-state index contributed by atoms with van der Waals surface area (Å²) in [6.07, 6.45) is -14.8. The SMILES string of the molecule is [2H]c1c([2H])c(C(=O)C([2H])([2H])Cl)c([2H])c2c1OC([2H])([2H])C2([2H])[2H].[2H]c1c([2H])c([2H])c(C(C(N)=O)(c2c([2H])c([2H])c([2H])c([2H])c2[2H])[C@@]2([2H])C([2H])([2H])N(C([2H])([2H])C(=O)c3c([2H])c([2H])c4c(c3[2H])C([2H])([2H])C([2H])([2H])O4)C([2H])([2H])C2([2H])[2H])c([2H])c1[2H].[2H]c1c([2H])c([2H])c(C(C(N)=O)(c2c([2H])c([2H])c([2H])c([2H])c2[2H])[C@@]2([2H])C([2H])([2H])NC([2H])([2H])C2([2H])[2H])c([2H])c1[2H]. The van der Waals surface area contributed by atoms with E-state index in [1.807, 2.05) is 0 Å². The Hall–Kier alpha value is -6.59. The Bertz CT molecular complexity index is 5200. The number of rotatable bonds is 13. The Morgan fingerprint density at radius 2 is 1.09 bits per heavy atom. The van der Waals surface area contributed by atoms with Crippen LogP contribution in [0.4, 0.5) is 0 Å². The van der Waals surface area contributed by atoms with E-state index in [1.54, 1.807) is 5.32 Å². The number of alkyl halides is 1. The molecule has 2 fully saturated rings. The number of Topliss-reactive ketones (excluding diaryl/α,β-unsaturated/α-hetero) is 2. The molecule has 0 aromatic heterocycles. The van der Waals surface area contributed by atoms with Crippen molar-refractivity contribution >= 4 is 35.0 Å². The number of benzene rings is 6. The predicted molar refractivity (Wildman–Crippen MR) is 262 cm³/mol. The highest BCUT2D eigenvalue weighted by Crippen LogP contribution is 2.44. The first-order chi connectivity index (χ1) is 53.1. The highest BCUT2D eigenvalue weighted by Gasteiger charge is 2.50. The van der Waals surface area contributed by atoms with Gasteiger partial charge in [-0.05, 0) is 114 Å². The van der Waals surface area contributed by atoms with Crippen molar-refractivity contribution in [3.63, 3.8) is 0 Å². The van der Waals surface area contributed by atoms with Crippen LogP contribution in [0.25, 0.3) is 0 Å². The second-order valence-corrected chi connectivity index (χ2v) is 12.8. The maximum atomic E-state index is 14.3. The van der Waals surface area contributed by atoms with E-state index < -0.39 is 341 Å². The van der Waals surface area contributed by atoms with Crippen LogP contribution in [-0.4, -0.2) is 79.7 Å². The fourth-order valence-electron chi connectivity index (χ4n) is 5.96. The van der Waals surface area contributed by atoms with E-state index >= 15 is 0 Å². The van der Waals surface area contributed by atoms with Crippen molar-refractivity contribution in [1.29, 1.82) is 0 Å². The van der Waals surface area contributed by atoms with Crippen LogP contribution in [0.5, 0.6) is 11.5 Å². The molecule has 11 heteroatoms. The number of ether oxygens (including phenoxy) is 2. The van der Waals surface area contributed by atoms with Crippen molar-refractivity contribution in [2.45, 2.75) is 36.3 Å². The lowest BCUT2D eigenvalue weighted by molar-refractivity contribution is -0.124. The molecule has 0 aliphatic carbocycles. The van der Waals surface area contributed by atoms with E-state index in [-0.39, 0.29) is 0 Å². The van der Waals surface area contributed by atoms with Gasteiger partial charge in [0.25, 0.3) is 0 Å². The van der Waals surface area contributed by atoms with E-state index in [0.29, 0.717) is 0 Å². The molecule has 344 valence electrons. The van der Waals surface area contributed by atoms with Crippen LogP contribution < -0.4 is 26.3 Å². The number of nitrogens with two attached hydrogens (primary N) is 2. The Morgan fingerprint density at radius 3 is 1.49 bits per heavy atom. The average Bonchev–Trinajstić information content (AvgIpc) is 1.49. The lowest BCUT2D eigenvalue weighted by Crippen LogP contribution is -2.49. The third kappa shape index (κ3) is 9.79. The number of nitrogens with one attached hydrogen (secondary N) is 1. The van der Waals surface area contributed by atoms with Gasteiger partial charge in [0, 0.05) is 55.0 Å². The zero-order valence-electron chi connectivity index (χ0n) is 84.9. The molecule has 0 unspecified atom stereocenters. The molecule has 2 saturated heterocycles. The minimum absolute atomic E-state index is 0.642. The van der Waals surface area contributed by atoms with Crippen LogP contribution in [0.2, 0.25) is 0 Å². The topological polar surface area (TPSA) is 154 Å². The number of carbonyl (C=O) groups excluding carboxylic acids is 4. The average molecular weight is 970 g/mol. The first-order valence-electron chi connectivity index (χ1n) is 44.1. The number of amides is 2. The minimum atomic E-state index is -4.79. The second kappa shape index (κ2) is 21.4. The highest BCUT2D eigenvalue weighted by molar-refractivity contribution is 6.30. The standard InChI is InChI=1S/C28H28N2O3.C18H20N2O.C10H9ClO2/c29-27(32)28(22-7-3-1-4-8-22,23-9-5-2-6-10-23)24-13-15-30(18-24)19-25(31)20-11-12-26-21(17-20)14-16-33-26;19-17(21)18(16-11-12-20-13-16,14-7-3-1-4-8-14)15-9-5-2-6-10-15;11-6-9(12)7-1-2-10-8(5-7)3-4-13-10/h1-12,17,24H,13-16,18-19H2,(H2,29,32);1-10,16,20H,11-13H2,(H2,19,21);1-2,5H,3-4,6H2/t24-;16-;/m11./s1/i1D,2D,3D,4D,5D,6D,7D,8D,9D,10D,11D,12D,13D2,14D2,15D2,16D2,17D,18D2,19D2,24D;1D,2D,3D,4D,5D,6D,7D,8D,9D,10D,11D2,12D2,13D2,16D;1D,2D,3D2,4D2,5D,6D2. The Balaban J connectivity index is 0.000000249. The number of primary amides is 2. The summed E-state index contributed by atoms with van der Waals surface area (Å²) in [6, 6.07) is -33.4. The summed E-state index contributed by atoms with van der Waals surface area (Å²) in [5.41, 5.74) is -7.37. The molecule has 2 atom stereocenters. The molecule has 10 rings (SSSR count). The summed E-state index contributed by atoms with van der Waals surface area (Å²) in [4.78, 5) is 53.2. The van der Waals surface area contributed by atoms with E-state index in [4.69, 9.17) is 98.3 Å². The fraction of sp³-hybridized carbons (Fsp3) is 0.286. The number of likely N-dealkylation sites (tertiary alicyclic amines) is 1. The Kier molecular flexibility index (Phi) is 4.77. The van der Waals surface area contributed by atoms with Gasteiger partial charge in [0.05, 0.1) is 72.1 Å². The van der Waals surface area contributed by atoms with E-state index in [1.165, 1.54) is 0 Å². The molecule has 2 amide bonds. The molecular formula is C56H57ClN4O6. The molecule has 10 nitrogen and oxygen atoms in total. The highest BCUT2D eigenvalue weighted by atomic mass is 35.5. The van der Waals surface area contributed by atoms with E-state index in [2.05, 4.69) is 0 Å². The molecule has 4 heterocycles. The van der Waals surface area contributed by atoms with E-state index in [9.17, 15) is 24.7 Å². The monoisotopic (exact) mass is 969 g/mol. The number of halogens is 1. The van der Waals surface area contributed by atoms with Crippen molar-refractivity contribution in [2.75, 3.05) is 51.4 Å². The molecule has 0 radical (unpaired) electrons. The molecule has 5 N–H and O–H groups in total.